The topological polar surface area (TPSA) is 125 Å². The highest BCUT2D eigenvalue weighted by Gasteiger charge is 2.12. The summed E-state index contributed by atoms with van der Waals surface area (Å²) in [5, 5.41) is 18.8. The molecule has 0 bridgehead atoms. The van der Waals surface area contributed by atoms with Gasteiger partial charge < -0.3 is 10.6 Å². The summed E-state index contributed by atoms with van der Waals surface area (Å²) in [5.41, 5.74) is -0.287. The van der Waals surface area contributed by atoms with E-state index in [0.29, 0.717) is 6.07 Å². The molecule has 0 fully saturated rings. The number of benzene rings is 2. The molecule has 0 heterocycles. The third-order valence-corrected chi connectivity index (χ3v) is 4.04. The van der Waals surface area contributed by atoms with Gasteiger partial charge in [0.2, 0.25) is 10.0 Å². The van der Waals surface area contributed by atoms with Gasteiger partial charge in [0.1, 0.15) is 23.3 Å². The number of rotatable bonds is 5. The zero-order valence-corrected chi connectivity index (χ0v) is 13.8. The maximum Gasteiger partial charge on any atom is 0.267 e. The first-order chi connectivity index (χ1) is 12.2. The van der Waals surface area contributed by atoms with E-state index in [0.717, 1.165) is 18.3 Å². The fourth-order valence-electron chi connectivity index (χ4n) is 1.83. The third-order valence-electron chi connectivity index (χ3n) is 3.11. The van der Waals surface area contributed by atoms with Gasteiger partial charge in [-0.05, 0) is 36.4 Å². The van der Waals surface area contributed by atoms with Crippen LogP contribution < -0.4 is 15.8 Å². The maximum atomic E-state index is 13.5. The van der Waals surface area contributed by atoms with E-state index in [9.17, 15) is 22.0 Å². The summed E-state index contributed by atoms with van der Waals surface area (Å²) in [5.74, 6) is -2.47. The van der Waals surface area contributed by atoms with Crippen molar-refractivity contribution in [1.82, 2.24) is 0 Å². The molecular weight excluding hydrogens is 366 g/mol. The van der Waals surface area contributed by atoms with E-state index in [-0.39, 0.29) is 21.8 Å². The van der Waals surface area contributed by atoms with Crippen molar-refractivity contribution in [3.05, 3.63) is 65.9 Å². The Kier molecular flexibility index (Phi) is 5.66. The van der Waals surface area contributed by atoms with Crippen LogP contribution in [-0.4, -0.2) is 14.3 Å². The molecular formula is C16H12F2N4O3S. The second kappa shape index (κ2) is 7.73. The molecule has 2 aromatic carbocycles. The summed E-state index contributed by atoms with van der Waals surface area (Å²) in [7, 11) is -3.86. The molecule has 0 unspecified atom stereocenters. The van der Waals surface area contributed by atoms with Crippen LogP contribution in [0.2, 0.25) is 0 Å². The lowest BCUT2D eigenvalue weighted by atomic mass is 10.2. The Bertz CT molecular complexity index is 1010. The number of amides is 1. The van der Waals surface area contributed by atoms with Crippen molar-refractivity contribution >= 4 is 27.3 Å². The van der Waals surface area contributed by atoms with Gasteiger partial charge in [-0.2, -0.15) is 5.26 Å². The molecule has 0 saturated heterocycles. The summed E-state index contributed by atoms with van der Waals surface area (Å²) in [6.45, 7) is 0. The van der Waals surface area contributed by atoms with Crippen LogP contribution in [0, 0.1) is 23.0 Å². The average Bonchev–Trinajstić information content (AvgIpc) is 2.56. The highest BCUT2D eigenvalue weighted by atomic mass is 32.2. The highest BCUT2D eigenvalue weighted by molar-refractivity contribution is 7.89. The van der Waals surface area contributed by atoms with Gasteiger partial charge in [0.05, 0.1) is 10.6 Å². The number of nitrogens with one attached hydrogen (secondary N) is 2. The molecule has 0 saturated carbocycles. The van der Waals surface area contributed by atoms with Crippen molar-refractivity contribution in [1.29, 1.82) is 5.26 Å². The van der Waals surface area contributed by atoms with Crippen LogP contribution in [0.1, 0.15) is 0 Å². The standard InChI is InChI=1S/C16H12F2N4O3S/c17-11-1-6-15(14(18)7-11)21-9-10(8-19)16(23)22-12-2-4-13(5-3-12)26(20,24)25/h1-7,9,21H,(H,22,23)(H2,20,24,25)/b10-9-. The lowest BCUT2D eigenvalue weighted by Crippen LogP contribution is -2.15. The van der Waals surface area contributed by atoms with Crippen molar-refractivity contribution in [2.75, 3.05) is 10.6 Å². The Balaban J connectivity index is 2.12. The third kappa shape index (κ3) is 4.85. The molecule has 0 aliphatic heterocycles. The lowest BCUT2D eigenvalue weighted by molar-refractivity contribution is -0.112. The molecule has 1 amide bonds. The van der Waals surface area contributed by atoms with E-state index in [2.05, 4.69) is 10.6 Å². The number of halogens is 2. The monoisotopic (exact) mass is 378 g/mol. The molecule has 10 heteroatoms. The van der Waals surface area contributed by atoms with Gasteiger partial charge in [0.25, 0.3) is 5.91 Å². The normalized spacial score (nSPS) is 11.5. The van der Waals surface area contributed by atoms with Crippen LogP contribution in [0.25, 0.3) is 0 Å². The number of anilines is 2. The number of primary sulfonamides is 1. The van der Waals surface area contributed by atoms with Crippen LogP contribution in [-0.2, 0) is 14.8 Å². The van der Waals surface area contributed by atoms with Gasteiger partial charge in [0.15, 0.2) is 0 Å². The molecule has 0 aliphatic carbocycles. The molecule has 0 aromatic heterocycles. The molecule has 0 atom stereocenters. The van der Waals surface area contributed by atoms with E-state index >= 15 is 0 Å². The summed E-state index contributed by atoms with van der Waals surface area (Å²) >= 11 is 0. The molecule has 0 aliphatic rings. The number of hydrogen-bond acceptors (Lipinski definition) is 5. The average molecular weight is 378 g/mol. The summed E-state index contributed by atoms with van der Waals surface area (Å²) in [6, 6.07) is 9.36. The van der Waals surface area contributed by atoms with E-state index in [4.69, 9.17) is 10.4 Å². The Morgan fingerprint density at radius 3 is 2.35 bits per heavy atom. The first-order valence-electron chi connectivity index (χ1n) is 6.97. The van der Waals surface area contributed by atoms with E-state index in [1.165, 1.54) is 24.3 Å². The first kappa shape index (κ1) is 19.0. The summed E-state index contributed by atoms with van der Waals surface area (Å²) < 4.78 is 48.7. The second-order valence-electron chi connectivity index (χ2n) is 4.96. The van der Waals surface area contributed by atoms with E-state index in [1.54, 1.807) is 6.07 Å². The van der Waals surface area contributed by atoms with Crippen LogP contribution in [0.5, 0.6) is 0 Å². The van der Waals surface area contributed by atoms with Crippen molar-refractivity contribution < 1.29 is 22.0 Å². The largest absolute Gasteiger partial charge is 0.358 e. The van der Waals surface area contributed by atoms with Gasteiger partial charge >= 0.3 is 0 Å². The molecule has 2 rings (SSSR count). The number of sulfonamides is 1. The molecule has 26 heavy (non-hydrogen) atoms. The van der Waals surface area contributed by atoms with E-state index in [1.807, 2.05) is 0 Å². The fourth-order valence-corrected chi connectivity index (χ4v) is 2.35. The number of hydrogen-bond donors (Lipinski definition) is 3. The highest BCUT2D eigenvalue weighted by Crippen LogP contribution is 2.16. The van der Waals surface area contributed by atoms with Gasteiger partial charge in [-0.15, -0.1) is 0 Å². The van der Waals surface area contributed by atoms with Crippen LogP contribution in [0.4, 0.5) is 20.2 Å². The number of nitrogens with zero attached hydrogens (tertiary/aromatic N) is 1. The predicted molar refractivity (Wildman–Crippen MR) is 90.1 cm³/mol. The number of nitrogens with two attached hydrogens (primary N) is 1. The Hall–Kier alpha value is -3.29. The van der Waals surface area contributed by atoms with Crippen molar-refractivity contribution in [3.8, 4) is 6.07 Å². The second-order valence-corrected chi connectivity index (χ2v) is 6.52. The Labute approximate surface area is 147 Å². The van der Waals surface area contributed by atoms with E-state index < -0.39 is 27.6 Å². The quantitative estimate of drug-likeness (QED) is 0.542. The van der Waals surface area contributed by atoms with Crippen molar-refractivity contribution in [2.24, 2.45) is 5.14 Å². The van der Waals surface area contributed by atoms with Crippen LogP contribution >= 0.6 is 0 Å². The first-order valence-corrected chi connectivity index (χ1v) is 8.51. The molecule has 2 aromatic rings. The number of nitriles is 1. The molecule has 134 valence electrons. The van der Waals surface area contributed by atoms with Gasteiger partial charge in [-0.3, -0.25) is 4.79 Å². The Morgan fingerprint density at radius 2 is 1.81 bits per heavy atom. The SMILES string of the molecule is N#C/C(=C/Nc1ccc(F)cc1F)C(=O)Nc1ccc(S(N)(=O)=O)cc1. The zero-order valence-electron chi connectivity index (χ0n) is 13.0. The molecule has 4 N–H and O–H groups in total. The minimum atomic E-state index is -3.86. The lowest BCUT2D eigenvalue weighted by Gasteiger charge is -2.06. The molecule has 0 spiro atoms. The molecule has 7 nitrogen and oxygen atoms in total. The van der Waals surface area contributed by atoms with Gasteiger partial charge in [-0.1, -0.05) is 0 Å². The minimum Gasteiger partial charge on any atom is -0.358 e. The minimum absolute atomic E-state index is 0.121. The summed E-state index contributed by atoms with van der Waals surface area (Å²) in [6.07, 6.45) is 0.963. The zero-order chi connectivity index (χ0) is 19.3. The maximum absolute atomic E-state index is 13.5. The summed E-state index contributed by atoms with van der Waals surface area (Å²) in [4.78, 5) is 11.9. The number of carbonyl (C=O) groups excluding carboxylic acids is 1. The fraction of sp³-hybridized carbons (Fsp3) is 0. The molecule has 0 radical (unpaired) electrons. The van der Waals surface area contributed by atoms with Crippen molar-refractivity contribution in [3.63, 3.8) is 0 Å². The Morgan fingerprint density at radius 1 is 1.15 bits per heavy atom. The van der Waals surface area contributed by atoms with Gasteiger partial charge in [0, 0.05) is 18.0 Å². The van der Waals surface area contributed by atoms with Gasteiger partial charge in [-0.25, -0.2) is 22.3 Å². The van der Waals surface area contributed by atoms with Crippen molar-refractivity contribution in [2.45, 2.75) is 4.90 Å². The smallest absolute Gasteiger partial charge is 0.267 e. The van der Waals surface area contributed by atoms with Crippen LogP contribution in [0.15, 0.2) is 59.1 Å². The predicted octanol–water partition coefficient (Wildman–Crippen LogP) is 2.07. The number of carbonyl (C=O) groups is 1. The van der Waals surface area contributed by atoms with Crippen LogP contribution in [0.3, 0.4) is 0 Å².